The molecule has 1 atom stereocenters. The molecule has 0 unspecified atom stereocenters. The quantitative estimate of drug-likeness (QED) is 0.0430. The van der Waals surface area contributed by atoms with E-state index in [1.165, 1.54) is 23.8 Å². The van der Waals surface area contributed by atoms with Crippen LogP contribution in [0.25, 0.3) is 0 Å². The molecule has 0 spiro atoms. The average Bonchev–Trinajstić information content (AvgIpc) is 3.78. The maximum absolute atomic E-state index is 13.3. The molecule has 3 heterocycles. The largest absolute Gasteiger partial charge is 0.480 e. The van der Waals surface area contributed by atoms with Crippen molar-refractivity contribution in [1.82, 2.24) is 20.5 Å². The van der Waals surface area contributed by atoms with Gasteiger partial charge in [0.2, 0.25) is 0 Å². The van der Waals surface area contributed by atoms with E-state index >= 15 is 0 Å². The molecule has 0 aliphatic carbocycles. The Morgan fingerprint density at radius 1 is 1.22 bits per heavy atom. The number of benzene rings is 1. The molecule has 1 aliphatic rings. The number of nitrogens with two attached hydrogens (primary N) is 1. The van der Waals surface area contributed by atoms with E-state index in [1.807, 2.05) is 11.5 Å². The normalized spacial score (nSPS) is 14.3. The minimum absolute atomic E-state index is 0.0100. The number of allylic oxidation sites excluding steroid dienone is 2. The summed E-state index contributed by atoms with van der Waals surface area (Å²) >= 11 is 2.61. The van der Waals surface area contributed by atoms with E-state index in [4.69, 9.17) is 10.4 Å². The highest BCUT2D eigenvalue weighted by Crippen LogP contribution is 2.27. The Morgan fingerprint density at radius 3 is 2.65 bits per heavy atom. The minimum Gasteiger partial charge on any atom is -0.480 e. The van der Waals surface area contributed by atoms with Crippen molar-refractivity contribution in [1.29, 1.82) is 5.41 Å². The average molecular weight is 759 g/mol. The van der Waals surface area contributed by atoms with E-state index in [0.29, 0.717) is 25.2 Å². The number of thiazole rings is 1. The summed E-state index contributed by atoms with van der Waals surface area (Å²) in [6, 6.07) is 6.78. The van der Waals surface area contributed by atoms with Gasteiger partial charge in [0.1, 0.15) is 10.9 Å². The standard InChI is InChI=1S/C32H42N8O5S3.CH4N2/c1-23(7-5-12-33-2)21-39-14-16-40(17-15-39)32-36-25(22-47-32)20-35-24-8-4-9-26(19-24)48(44,45)38-27-11-18-46-29(27)30(41)37-28(31(42)43)10-6-13-34-3;2-1-3/h4-5,7-9,11-12,18-19,22,28,34-35,38H,2,6,10,13-17,20-21H2,1,3H3,(H,37,41)(H,42,43);1H,(H3,2,3)/b12-5-,23-7+;/t28-;/m0./s1. The van der Waals surface area contributed by atoms with E-state index in [0.717, 1.165) is 61.2 Å². The van der Waals surface area contributed by atoms with E-state index in [-0.39, 0.29) is 21.9 Å². The number of aliphatic imine (C=N–C) groups is 1. The molecule has 0 radical (unpaired) electrons. The molecular formula is C33H46N10O5S3. The second-order valence-electron chi connectivity index (χ2n) is 11.3. The Labute approximate surface area is 306 Å². The van der Waals surface area contributed by atoms with Crippen LogP contribution in [0.4, 0.5) is 16.5 Å². The lowest BCUT2D eigenvalue weighted by molar-refractivity contribution is -0.139. The van der Waals surface area contributed by atoms with Crippen molar-refractivity contribution in [2.45, 2.75) is 37.2 Å². The van der Waals surface area contributed by atoms with Gasteiger partial charge in [-0.25, -0.2) is 18.2 Å². The molecule has 1 fully saturated rings. The van der Waals surface area contributed by atoms with E-state index in [9.17, 15) is 23.1 Å². The van der Waals surface area contributed by atoms with Gasteiger partial charge in [-0.15, -0.1) is 22.7 Å². The predicted octanol–water partition coefficient (Wildman–Crippen LogP) is 3.63. The number of amides is 1. The molecule has 1 aliphatic heterocycles. The van der Waals surface area contributed by atoms with Crippen molar-refractivity contribution in [3.8, 4) is 0 Å². The smallest absolute Gasteiger partial charge is 0.326 e. The van der Waals surface area contributed by atoms with Crippen molar-refractivity contribution in [2.75, 3.05) is 61.3 Å². The zero-order valence-electron chi connectivity index (χ0n) is 28.7. The third kappa shape index (κ3) is 13.2. The second kappa shape index (κ2) is 20.9. The fourth-order valence-electron chi connectivity index (χ4n) is 4.99. The third-order valence-corrected chi connectivity index (χ3v) is 10.7. The number of carbonyl (C=O) groups excluding carboxylic acids is 1. The zero-order valence-corrected chi connectivity index (χ0v) is 31.1. The third-order valence-electron chi connectivity index (χ3n) is 7.48. The number of carboxylic acids is 1. The van der Waals surface area contributed by atoms with Crippen molar-refractivity contribution >= 4 is 74.1 Å². The first-order valence-corrected chi connectivity index (χ1v) is 19.3. The number of thiophene rings is 1. The molecule has 0 bridgehead atoms. The van der Waals surface area contributed by atoms with Gasteiger partial charge in [0, 0.05) is 50.0 Å². The lowest BCUT2D eigenvalue weighted by Gasteiger charge is -2.34. The number of carbonyl (C=O) groups is 2. The highest BCUT2D eigenvalue weighted by Gasteiger charge is 2.25. The molecule has 18 heteroatoms. The summed E-state index contributed by atoms with van der Waals surface area (Å²) in [5.41, 5.74) is 7.18. The van der Waals surface area contributed by atoms with Crippen LogP contribution in [-0.4, -0.2) is 101 Å². The van der Waals surface area contributed by atoms with Gasteiger partial charge in [-0.05, 0) is 75.8 Å². The van der Waals surface area contributed by atoms with Gasteiger partial charge in [-0.1, -0.05) is 17.7 Å². The molecule has 2 aromatic heterocycles. The van der Waals surface area contributed by atoms with Crippen molar-refractivity contribution < 1.29 is 23.1 Å². The monoisotopic (exact) mass is 758 g/mol. The van der Waals surface area contributed by atoms with Crippen LogP contribution in [0.1, 0.15) is 35.1 Å². The number of hydrogen-bond acceptors (Lipinski definition) is 13. The van der Waals surface area contributed by atoms with Crippen molar-refractivity contribution in [3.05, 3.63) is 75.6 Å². The first-order valence-electron chi connectivity index (χ1n) is 16.0. The Kier molecular flexibility index (Phi) is 16.7. The summed E-state index contributed by atoms with van der Waals surface area (Å²) < 4.78 is 29.1. The highest BCUT2D eigenvalue weighted by molar-refractivity contribution is 7.92. The summed E-state index contributed by atoms with van der Waals surface area (Å²) in [7, 11) is -2.30. The molecule has 15 nitrogen and oxygen atoms in total. The fraction of sp³-hybridized carbons (Fsp3) is 0.364. The van der Waals surface area contributed by atoms with Gasteiger partial charge in [0.15, 0.2) is 5.13 Å². The van der Waals surface area contributed by atoms with Crippen molar-refractivity contribution in [3.63, 3.8) is 0 Å². The predicted molar refractivity (Wildman–Crippen MR) is 207 cm³/mol. The molecule has 1 saturated heterocycles. The van der Waals surface area contributed by atoms with Crippen LogP contribution in [0.15, 0.2) is 74.9 Å². The van der Waals surface area contributed by atoms with Crippen LogP contribution in [-0.2, 0) is 21.4 Å². The Morgan fingerprint density at radius 2 is 1.96 bits per heavy atom. The molecule has 1 aromatic carbocycles. The lowest BCUT2D eigenvalue weighted by atomic mass is 10.1. The molecular weight excluding hydrogens is 713 g/mol. The Hall–Kier alpha value is -4.62. The van der Waals surface area contributed by atoms with Crippen LogP contribution in [0.2, 0.25) is 0 Å². The number of nitrogens with one attached hydrogen (secondary N) is 5. The number of nitrogens with zero attached hydrogens (tertiary/aromatic N) is 4. The van der Waals surface area contributed by atoms with Crippen LogP contribution in [0.5, 0.6) is 0 Å². The maximum atomic E-state index is 13.3. The first-order chi connectivity index (χ1) is 24.5. The van der Waals surface area contributed by atoms with Gasteiger partial charge >= 0.3 is 5.97 Å². The summed E-state index contributed by atoms with van der Waals surface area (Å²) in [5, 5.41) is 28.6. The van der Waals surface area contributed by atoms with Gasteiger partial charge in [0.05, 0.1) is 29.2 Å². The molecule has 0 saturated carbocycles. The summed E-state index contributed by atoms with van der Waals surface area (Å²) in [6.07, 6.45) is 7.16. The van der Waals surface area contributed by atoms with Crippen LogP contribution in [0.3, 0.4) is 0 Å². The number of aromatic nitrogens is 1. The number of sulfonamides is 1. The molecule has 51 heavy (non-hydrogen) atoms. The lowest BCUT2D eigenvalue weighted by Crippen LogP contribution is -2.46. The first kappa shape index (κ1) is 40.8. The van der Waals surface area contributed by atoms with Gasteiger partial charge < -0.3 is 31.7 Å². The van der Waals surface area contributed by atoms with Crippen LogP contribution < -0.4 is 31.3 Å². The highest BCUT2D eigenvalue weighted by atomic mass is 32.2. The number of hydrogen-bond donors (Lipinski definition) is 7. The molecule has 1 amide bonds. The van der Waals surface area contributed by atoms with Crippen LogP contribution in [0, 0.1) is 5.41 Å². The molecule has 3 aromatic rings. The van der Waals surface area contributed by atoms with Gasteiger partial charge in [-0.2, -0.15) is 0 Å². The fourth-order valence-corrected chi connectivity index (χ4v) is 7.81. The Bertz CT molecular complexity index is 1770. The minimum atomic E-state index is -4.06. The summed E-state index contributed by atoms with van der Waals surface area (Å²) in [5.74, 6) is -1.81. The summed E-state index contributed by atoms with van der Waals surface area (Å²) in [6.45, 7) is 11.1. The van der Waals surface area contributed by atoms with Crippen LogP contribution >= 0.6 is 22.7 Å². The summed E-state index contributed by atoms with van der Waals surface area (Å²) in [4.78, 5) is 37.9. The number of rotatable bonds is 18. The van der Waals surface area contributed by atoms with E-state index in [1.54, 1.807) is 42.1 Å². The number of anilines is 3. The molecule has 276 valence electrons. The maximum Gasteiger partial charge on any atom is 0.326 e. The number of carboxylic acid groups (broad SMARTS) is 1. The molecule has 8 N–H and O–H groups in total. The zero-order chi connectivity index (χ0) is 37.2. The SMILES string of the molecule is C=N/C=C\C=C(/C)CN1CCN(c2nc(CNc3cccc(S(=O)(=O)Nc4ccsc4C(=O)N[C@@H](CCCNC)C(=O)O)c3)cs2)CC1.N=CN. The molecule has 4 rings (SSSR count). The van der Waals surface area contributed by atoms with E-state index < -0.39 is 27.9 Å². The van der Waals surface area contributed by atoms with Gasteiger partial charge in [0.25, 0.3) is 15.9 Å². The Balaban J connectivity index is 0.00000226. The number of aliphatic carboxylic acids is 1. The number of piperazine rings is 1. The second-order valence-corrected chi connectivity index (χ2v) is 14.8. The van der Waals surface area contributed by atoms with Crippen molar-refractivity contribution in [2.24, 2.45) is 10.7 Å². The van der Waals surface area contributed by atoms with Gasteiger partial charge in [-0.3, -0.25) is 24.8 Å². The topological polar surface area (TPSA) is 218 Å². The van der Waals surface area contributed by atoms with E-state index in [2.05, 4.69) is 60.9 Å².